The summed E-state index contributed by atoms with van der Waals surface area (Å²) in [6.45, 7) is 16.5. The largest absolute Gasteiger partial charge is 0.383 e. The van der Waals surface area contributed by atoms with Crippen LogP contribution < -0.4 is 21.3 Å². The van der Waals surface area contributed by atoms with Crippen LogP contribution in [0.25, 0.3) is 0 Å². The number of hydrogen-bond acceptors (Lipinski definition) is 6. The maximum absolute atomic E-state index is 14.6. The van der Waals surface area contributed by atoms with Gasteiger partial charge in [-0.25, -0.2) is 4.79 Å². The van der Waals surface area contributed by atoms with Crippen molar-refractivity contribution < 1.29 is 28.7 Å². The first kappa shape index (κ1) is 38.2. The topological polar surface area (TPSA) is 146 Å². The van der Waals surface area contributed by atoms with Crippen molar-refractivity contribution in [2.75, 3.05) is 26.8 Å². The number of carbonyl (C=O) groups excluding carboxylic acids is 5. The highest BCUT2D eigenvalue weighted by Gasteiger charge is 2.49. The summed E-state index contributed by atoms with van der Waals surface area (Å²) in [5.41, 5.74) is -0.485. The average Bonchev–Trinajstić information content (AvgIpc) is 3.46. The number of Topliss-reactive ketones (excluding diaryl/α,β-unsaturated/α-hetero) is 1. The fourth-order valence-corrected chi connectivity index (χ4v) is 6.71. The number of rotatable bonds is 17. The third-order valence-corrected chi connectivity index (χ3v) is 9.65. The minimum atomic E-state index is -1.00. The number of ketones is 1. The molecule has 2 fully saturated rings. The summed E-state index contributed by atoms with van der Waals surface area (Å²) >= 11 is 0. The Bertz CT molecular complexity index is 1020. The predicted octanol–water partition coefficient (Wildman–Crippen LogP) is 3.72. The molecule has 1 saturated carbocycles. The first-order valence-corrected chi connectivity index (χ1v) is 16.9. The van der Waals surface area contributed by atoms with Crippen LogP contribution in [-0.4, -0.2) is 85.4 Å². The third-order valence-electron chi connectivity index (χ3n) is 9.65. The van der Waals surface area contributed by atoms with Crippen LogP contribution in [0.5, 0.6) is 0 Å². The van der Waals surface area contributed by atoms with Crippen LogP contribution in [0, 0.1) is 23.2 Å². The number of likely N-dealkylation sites (tertiary alicyclic amines) is 1. The van der Waals surface area contributed by atoms with E-state index in [-0.39, 0.29) is 36.2 Å². The molecule has 45 heavy (non-hydrogen) atoms. The van der Waals surface area contributed by atoms with Gasteiger partial charge in [-0.3, -0.25) is 19.2 Å². The van der Waals surface area contributed by atoms with Crippen molar-refractivity contribution in [2.24, 2.45) is 23.2 Å². The highest BCUT2D eigenvalue weighted by Crippen LogP contribution is 2.41. The van der Waals surface area contributed by atoms with Crippen LogP contribution in [0.15, 0.2) is 12.7 Å². The first-order chi connectivity index (χ1) is 21.3. The van der Waals surface area contributed by atoms with E-state index in [4.69, 9.17) is 4.74 Å². The summed E-state index contributed by atoms with van der Waals surface area (Å²) < 4.78 is 5.30. The highest BCUT2D eigenvalue weighted by atomic mass is 16.5. The number of urea groups is 1. The van der Waals surface area contributed by atoms with E-state index in [1.807, 2.05) is 34.6 Å². The number of amides is 5. The molecular formula is C34H59N5O6. The molecule has 0 aromatic heterocycles. The van der Waals surface area contributed by atoms with Crippen LogP contribution in [0.2, 0.25) is 0 Å². The van der Waals surface area contributed by atoms with Gasteiger partial charge in [-0.15, -0.1) is 6.58 Å². The molecule has 256 valence electrons. The molecule has 1 heterocycles. The highest BCUT2D eigenvalue weighted by molar-refractivity contribution is 6.38. The van der Waals surface area contributed by atoms with Crippen molar-refractivity contribution in [2.45, 2.75) is 123 Å². The Balaban J connectivity index is 2.40. The molecule has 1 aliphatic carbocycles. The van der Waals surface area contributed by atoms with E-state index in [0.717, 1.165) is 38.5 Å². The number of unbranched alkanes of at least 4 members (excludes halogenated alkanes) is 1. The molecule has 0 bridgehead atoms. The zero-order valence-electron chi connectivity index (χ0n) is 28.7. The normalized spacial score (nSPS) is 21.5. The maximum Gasteiger partial charge on any atom is 0.315 e. The first-order valence-electron chi connectivity index (χ1n) is 16.9. The Hall–Kier alpha value is -2.95. The van der Waals surface area contributed by atoms with Crippen molar-refractivity contribution >= 4 is 29.5 Å². The molecule has 4 N–H and O–H groups in total. The molecular weight excluding hydrogens is 574 g/mol. The van der Waals surface area contributed by atoms with Gasteiger partial charge < -0.3 is 30.9 Å². The minimum absolute atomic E-state index is 0.0834. The quantitative estimate of drug-likeness (QED) is 0.142. The van der Waals surface area contributed by atoms with E-state index in [1.165, 1.54) is 6.08 Å². The molecule has 0 aromatic rings. The molecule has 5 amide bonds. The van der Waals surface area contributed by atoms with Crippen molar-refractivity contribution in [3.05, 3.63) is 12.7 Å². The monoisotopic (exact) mass is 633 g/mol. The van der Waals surface area contributed by atoms with Gasteiger partial charge in [0.1, 0.15) is 12.1 Å². The second-order valence-electron chi connectivity index (χ2n) is 13.8. The molecule has 0 spiro atoms. The van der Waals surface area contributed by atoms with Gasteiger partial charge in [0.05, 0.1) is 18.7 Å². The van der Waals surface area contributed by atoms with E-state index in [2.05, 4.69) is 34.8 Å². The predicted molar refractivity (Wildman–Crippen MR) is 175 cm³/mol. The van der Waals surface area contributed by atoms with E-state index >= 15 is 0 Å². The molecule has 1 aliphatic heterocycles. The van der Waals surface area contributed by atoms with Gasteiger partial charge in [0, 0.05) is 20.2 Å². The van der Waals surface area contributed by atoms with Gasteiger partial charge in [-0.05, 0) is 48.9 Å². The molecule has 11 heteroatoms. The van der Waals surface area contributed by atoms with Crippen LogP contribution in [0.3, 0.4) is 0 Å². The van der Waals surface area contributed by atoms with Crippen LogP contribution in [0.1, 0.15) is 99.3 Å². The number of carbonyl (C=O) groups is 5. The maximum atomic E-state index is 14.6. The zero-order chi connectivity index (χ0) is 33.7. The fourth-order valence-electron chi connectivity index (χ4n) is 6.71. The third kappa shape index (κ3) is 10.5. The lowest BCUT2D eigenvalue weighted by atomic mass is 9.70. The summed E-state index contributed by atoms with van der Waals surface area (Å²) in [6.07, 6.45) is 8.39. The van der Waals surface area contributed by atoms with Crippen LogP contribution >= 0.6 is 0 Å². The summed E-state index contributed by atoms with van der Waals surface area (Å²) in [7, 11) is 1.59. The second-order valence-corrected chi connectivity index (χ2v) is 13.8. The second kappa shape index (κ2) is 18.3. The van der Waals surface area contributed by atoms with Gasteiger partial charge in [0.15, 0.2) is 0 Å². The van der Waals surface area contributed by atoms with Gasteiger partial charge in [0.2, 0.25) is 17.6 Å². The lowest BCUT2D eigenvalue weighted by molar-refractivity contribution is -0.145. The van der Waals surface area contributed by atoms with Crippen molar-refractivity contribution in [3.63, 3.8) is 0 Å². The summed E-state index contributed by atoms with van der Waals surface area (Å²) in [5.74, 6) is -2.16. The molecule has 0 aromatic carbocycles. The number of hydrogen-bond donors (Lipinski definition) is 4. The SMILES string of the molecule is C=CCNC(=O)C(=O)C(CCCC)NC(=O)[C@@H]1[C@@H](C(C)C)CCN1C(=O)[C@@H](NC(=O)N[C@H](COC)C(C)C)C1(C)CCCCC1. The summed E-state index contributed by atoms with van der Waals surface area (Å²) in [4.78, 5) is 69.3. The Morgan fingerprint density at radius 3 is 2.24 bits per heavy atom. The molecule has 2 aliphatic rings. The zero-order valence-corrected chi connectivity index (χ0v) is 28.7. The van der Waals surface area contributed by atoms with Gasteiger partial charge >= 0.3 is 6.03 Å². The Morgan fingerprint density at radius 2 is 1.69 bits per heavy atom. The van der Waals surface area contributed by atoms with E-state index in [9.17, 15) is 24.0 Å². The molecule has 0 radical (unpaired) electrons. The van der Waals surface area contributed by atoms with Crippen LogP contribution in [-0.2, 0) is 23.9 Å². The Kier molecular flexibility index (Phi) is 15.5. The standard InChI is InChI=1S/C34H59N5O6/c1-9-11-15-25(28(40)31(42)35-19-10-2)36-30(41)27-24(22(3)4)16-20-39(27)32(43)29(34(7)17-13-12-14-18-34)38-33(44)37-26(21-45-8)23(5)6/h10,22-27,29H,2,9,11-21H2,1,3-8H3,(H,35,42)(H,36,41)(H2,37,38,44)/t24-,25?,26-,27+,29-/m1/s1. The molecule has 1 saturated heterocycles. The van der Waals surface area contributed by atoms with Crippen molar-refractivity contribution in [1.29, 1.82) is 0 Å². The van der Waals surface area contributed by atoms with E-state index < -0.39 is 47.2 Å². The van der Waals surface area contributed by atoms with E-state index in [1.54, 1.807) is 12.0 Å². The molecule has 1 unspecified atom stereocenters. The van der Waals surface area contributed by atoms with Gasteiger partial charge in [-0.2, -0.15) is 0 Å². The smallest absolute Gasteiger partial charge is 0.315 e. The van der Waals surface area contributed by atoms with Gasteiger partial charge in [0.25, 0.3) is 5.91 Å². The average molecular weight is 634 g/mol. The Morgan fingerprint density at radius 1 is 1.02 bits per heavy atom. The number of ether oxygens (including phenoxy) is 1. The lowest BCUT2D eigenvalue weighted by Crippen LogP contribution is -2.62. The number of nitrogens with one attached hydrogen (secondary N) is 4. The summed E-state index contributed by atoms with van der Waals surface area (Å²) in [5, 5.41) is 11.4. The van der Waals surface area contributed by atoms with Crippen molar-refractivity contribution in [1.82, 2.24) is 26.2 Å². The fraction of sp³-hybridized carbons (Fsp3) is 0.794. The molecule has 11 nitrogen and oxygen atoms in total. The molecule has 5 atom stereocenters. The summed E-state index contributed by atoms with van der Waals surface area (Å²) in [6, 6.07) is -3.34. The van der Waals surface area contributed by atoms with Gasteiger partial charge in [-0.1, -0.05) is 79.7 Å². The minimum Gasteiger partial charge on any atom is -0.383 e. The number of nitrogens with zero attached hydrogens (tertiary/aromatic N) is 1. The Labute approximate surface area is 270 Å². The lowest BCUT2D eigenvalue weighted by Gasteiger charge is -2.43. The number of methoxy groups -OCH3 is 1. The van der Waals surface area contributed by atoms with E-state index in [0.29, 0.717) is 32.4 Å². The molecule has 2 rings (SSSR count). The van der Waals surface area contributed by atoms with Crippen molar-refractivity contribution in [3.8, 4) is 0 Å². The van der Waals surface area contributed by atoms with Crippen LogP contribution in [0.4, 0.5) is 4.79 Å².